The van der Waals surface area contributed by atoms with Gasteiger partial charge in [0.25, 0.3) is 0 Å². The van der Waals surface area contributed by atoms with Crippen LogP contribution in [0.2, 0.25) is 0 Å². The number of hydrogen-bond acceptors (Lipinski definition) is 3. The number of piperidine rings is 1. The molecular weight excluding hydrogens is 377 g/mol. The standard InChI is InChI=1S/C23H29F3N2O/c1-21(2,3)19-14-15-22(28(27)16-19,18-12-8-5-9-13-18)20(29-23(24,25)26)17-10-6-4-7-11-17/h4-13,19-20H,14-16,27H2,1-3H3. The van der Waals surface area contributed by atoms with Gasteiger partial charge in [-0.1, -0.05) is 81.4 Å². The van der Waals surface area contributed by atoms with Crippen molar-refractivity contribution in [1.82, 2.24) is 5.01 Å². The van der Waals surface area contributed by atoms with E-state index < -0.39 is 18.0 Å². The predicted molar refractivity (Wildman–Crippen MR) is 108 cm³/mol. The summed E-state index contributed by atoms with van der Waals surface area (Å²) < 4.78 is 45.4. The van der Waals surface area contributed by atoms with E-state index in [9.17, 15) is 13.2 Å². The van der Waals surface area contributed by atoms with Crippen molar-refractivity contribution in [2.24, 2.45) is 17.2 Å². The van der Waals surface area contributed by atoms with E-state index in [-0.39, 0.29) is 11.3 Å². The Morgan fingerprint density at radius 2 is 1.55 bits per heavy atom. The highest BCUT2D eigenvalue weighted by Crippen LogP contribution is 2.52. The fourth-order valence-corrected chi connectivity index (χ4v) is 4.41. The van der Waals surface area contributed by atoms with E-state index in [4.69, 9.17) is 10.6 Å². The topological polar surface area (TPSA) is 38.5 Å². The van der Waals surface area contributed by atoms with E-state index in [1.165, 1.54) is 0 Å². The van der Waals surface area contributed by atoms with Crippen molar-refractivity contribution in [2.45, 2.75) is 51.6 Å². The van der Waals surface area contributed by atoms with Crippen molar-refractivity contribution in [3.05, 3.63) is 71.8 Å². The molecule has 1 heterocycles. The van der Waals surface area contributed by atoms with Crippen molar-refractivity contribution in [2.75, 3.05) is 6.54 Å². The molecule has 158 valence electrons. The molecule has 29 heavy (non-hydrogen) atoms. The average molecular weight is 406 g/mol. The number of benzene rings is 2. The van der Waals surface area contributed by atoms with E-state index in [0.29, 0.717) is 18.5 Å². The Balaban J connectivity index is 2.14. The van der Waals surface area contributed by atoms with E-state index in [2.05, 4.69) is 20.8 Å². The van der Waals surface area contributed by atoms with Gasteiger partial charge in [0.2, 0.25) is 0 Å². The molecule has 3 unspecified atom stereocenters. The zero-order valence-electron chi connectivity index (χ0n) is 17.1. The Bertz CT molecular complexity index is 789. The number of nitrogens with zero attached hydrogens (tertiary/aromatic N) is 1. The molecule has 2 N–H and O–H groups in total. The summed E-state index contributed by atoms with van der Waals surface area (Å²) in [6.45, 7) is 6.91. The van der Waals surface area contributed by atoms with Crippen molar-refractivity contribution in [1.29, 1.82) is 0 Å². The highest BCUT2D eigenvalue weighted by Gasteiger charge is 2.53. The molecule has 0 bridgehead atoms. The quantitative estimate of drug-likeness (QED) is 0.653. The summed E-state index contributed by atoms with van der Waals surface area (Å²) in [5, 5.41) is 1.59. The summed E-state index contributed by atoms with van der Waals surface area (Å²) in [6, 6.07) is 17.8. The summed E-state index contributed by atoms with van der Waals surface area (Å²) >= 11 is 0. The number of ether oxygens (including phenoxy) is 1. The maximum absolute atomic E-state index is 13.5. The molecule has 6 heteroatoms. The first-order chi connectivity index (χ1) is 13.5. The Hall–Kier alpha value is -1.89. The van der Waals surface area contributed by atoms with Crippen molar-refractivity contribution < 1.29 is 17.9 Å². The molecule has 0 radical (unpaired) electrons. The van der Waals surface area contributed by atoms with Crippen LogP contribution in [0, 0.1) is 11.3 Å². The molecule has 3 nitrogen and oxygen atoms in total. The molecular formula is C23H29F3N2O. The summed E-state index contributed by atoms with van der Waals surface area (Å²) in [4.78, 5) is 0. The van der Waals surface area contributed by atoms with E-state index in [1.807, 2.05) is 30.3 Å². The van der Waals surface area contributed by atoms with Crippen LogP contribution >= 0.6 is 0 Å². The lowest BCUT2D eigenvalue weighted by Gasteiger charge is -2.53. The second kappa shape index (κ2) is 8.09. The zero-order chi connectivity index (χ0) is 21.3. The zero-order valence-corrected chi connectivity index (χ0v) is 17.1. The van der Waals surface area contributed by atoms with E-state index >= 15 is 0 Å². The number of hydrazine groups is 1. The van der Waals surface area contributed by atoms with Crippen LogP contribution in [0.15, 0.2) is 60.7 Å². The highest BCUT2D eigenvalue weighted by molar-refractivity contribution is 5.32. The van der Waals surface area contributed by atoms with Gasteiger partial charge in [0, 0.05) is 6.54 Å². The largest absolute Gasteiger partial charge is 0.523 e. The molecule has 1 aliphatic heterocycles. The SMILES string of the molecule is CC(C)(C)C1CCC(c2ccccc2)(C(OC(F)(F)F)c2ccccc2)N(N)C1. The average Bonchev–Trinajstić information content (AvgIpc) is 2.66. The van der Waals surface area contributed by atoms with Crippen LogP contribution in [-0.4, -0.2) is 17.9 Å². The van der Waals surface area contributed by atoms with E-state index in [0.717, 1.165) is 12.0 Å². The van der Waals surface area contributed by atoms with Gasteiger partial charge in [0.05, 0.1) is 5.54 Å². The lowest BCUT2D eigenvalue weighted by atomic mass is 9.67. The normalized spacial score (nSPS) is 25.0. The summed E-state index contributed by atoms with van der Waals surface area (Å²) in [7, 11) is 0. The predicted octanol–water partition coefficient (Wildman–Crippen LogP) is 5.79. The number of rotatable bonds is 4. The molecule has 1 fully saturated rings. The fraction of sp³-hybridized carbons (Fsp3) is 0.478. The first-order valence-corrected chi connectivity index (χ1v) is 9.91. The third-order valence-corrected chi connectivity index (χ3v) is 6.09. The van der Waals surface area contributed by atoms with Crippen LogP contribution in [0.4, 0.5) is 13.2 Å². The number of halogens is 3. The molecule has 0 aliphatic carbocycles. The van der Waals surface area contributed by atoms with Gasteiger partial charge in [-0.3, -0.25) is 10.6 Å². The second-order valence-corrected chi connectivity index (χ2v) is 8.90. The van der Waals surface area contributed by atoms with Crippen molar-refractivity contribution >= 4 is 0 Å². The maximum Gasteiger partial charge on any atom is 0.523 e. The molecule has 1 saturated heterocycles. The molecule has 3 atom stereocenters. The fourth-order valence-electron chi connectivity index (χ4n) is 4.41. The molecule has 0 aromatic heterocycles. The minimum absolute atomic E-state index is 0.00754. The Morgan fingerprint density at radius 3 is 2.03 bits per heavy atom. The van der Waals surface area contributed by atoms with Crippen molar-refractivity contribution in [3.8, 4) is 0 Å². The van der Waals surface area contributed by atoms with Crippen LogP contribution in [0.1, 0.15) is 50.8 Å². The smallest absolute Gasteiger partial charge is 0.281 e. The van der Waals surface area contributed by atoms with Crippen molar-refractivity contribution in [3.63, 3.8) is 0 Å². The van der Waals surface area contributed by atoms with Gasteiger partial charge >= 0.3 is 6.36 Å². The van der Waals surface area contributed by atoms with E-state index in [1.54, 1.807) is 35.3 Å². The summed E-state index contributed by atoms with van der Waals surface area (Å²) in [5.74, 6) is 6.85. The van der Waals surface area contributed by atoms with Crippen LogP contribution in [0.25, 0.3) is 0 Å². The van der Waals surface area contributed by atoms with Gasteiger partial charge in [0.15, 0.2) is 0 Å². The third kappa shape index (κ3) is 4.65. The molecule has 0 amide bonds. The van der Waals surface area contributed by atoms with Crippen LogP contribution < -0.4 is 5.84 Å². The first kappa shape index (κ1) is 21.8. The van der Waals surface area contributed by atoms with Crippen LogP contribution in [0.3, 0.4) is 0 Å². The molecule has 3 rings (SSSR count). The van der Waals surface area contributed by atoms with Gasteiger partial charge in [-0.25, -0.2) is 5.01 Å². The highest BCUT2D eigenvalue weighted by atomic mass is 19.4. The first-order valence-electron chi connectivity index (χ1n) is 9.91. The summed E-state index contributed by atoms with van der Waals surface area (Å²) in [6.07, 6.45) is -4.84. The van der Waals surface area contributed by atoms with Gasteiger partial charge in [-0.2, -0.15) is 0 Å². The Kier molecular flexibility index (Phi) is 6.08. The lowest BCUT2D eigenvalue weighted by molar-refractivity contribution is -0.362. The van der Waals surface area contributed by atoms with Crippen LogP contribution in [0.5, 0.6) is 0 Å². The van der Waals surface area contributed by atoms with Gasteiger partial charge in [-0.15, -0.1) is 13.2 Å². The number of alkyl halides is 3. The minimum Gasteiger partial charge on any atom is -0.281 e. The number of nitrogens with two attached hydrogens (primary N) is 1. The summed E-state index contributed by atoms with van der Waals surface area (Å²) in [5.41, 5.74) is 0.0688. The van der Waals surface area contributed by atoms with Gasteiger partial charge in [-0.05, 0) is 35.3 Å². The molecule has 2 aromatic carbocycles. The Morgan fingerprint density at radius 1 is 1.00 bits per heavy atom. The maximum atomic E-state index is 13.5. The molecule has 0 spiro atoms. The molecule has 1 aliphatic rings. The Labute approximate surface area is 170 Å². The van der Waals surface area contributed by atoms with Crippen LogP contribution in [-0.2, 0) is 10.3 Å². The van der Waals surface area contributed by atoms with Gasteiger partial charge < -0.3 is 0 Å². The number of hydrogen-bond donors (Lipinski definition) is 1. The lowest BCUT2D eigenvalue weighted by Crippen LogP contribution is -2.60. The van der Waals surface area contributed by atoms with Gasteiger partial charge in [0.1, 0.15) is 6.10 Å². The minimum atomic E-state index is -4.79. The molecule has 0 saturated carbocycles. The monoisotopic (exact) mass is 406 g/mol. The molecule has 2 aromatic rings. The second-order valence-electron chi connectivity index (χ2n) is 8.90. The third-order valence-electron chi connectivity index (χ3n) is 6.09.